The number of fused-ring (bicyclic) bond motifs is 1. The smallest absolute Gasteiger partial charge is 0.246 e. The highest BCUT2D eigenvalue weighted by Crippen LogP contribution is 2.28. The zero-order valence-electron chi connectivity index (χ0n) is 13.0. The zero-order chi connectivity index (χ0) is 15.8. The number of hydrogen-bond donors (Lipinski definition) is 0. The Morgan fingerprint density at radius 2 is 1.96 bits per heavy atom. The third-order valence-corrected chi connectivity index (χ3v) is 4.02. The fraction of sp³-hybridized carbons (Fsp3) is 0.375. The highest BCUT2D eigenvalue weighted by molar-refractivity contribution is 5.77. The lowest BCUT2D eigenvalue weighted by atomic mass is 10.3. The van der Waals surface area contributed by atoms with Crippen LogP contribution in [0.3, 0.4) is 0 Å². The van der Waals surface area contributed by atoms with E-state index < -0.39 is 0 Å². The number of hydrogen-bond acceptors (Lipinski definition) is 4. The van der Waals surface area contributed by atoms with Gasteiger partial charge in [0.05, 0.1) is 6.20 Å². The first-order valence-electron chi connectivity index (χ1n) is 7.76. The van der Waals surface area contributed by atoms with Crippen molar-refractivity contribution in [3.05, 3.63) is 42.2 Å². The van der Waals surface area contributed by atoms with E-state index in [1.165, 1.54) is 4.80 Å². The maximum Gasteiger partial charge on any atom is 0.246 e. The molecule has 0 atom stereocenters. The van der Waals surface area contributed by atoms with Crippen molar-refractivity contribution in [2.75, 3.05) is 0 Å². The third-order valence-electron chi connectivity index (χ3n) is 4.02. The summed E-state index contributed by atoms with van der Waals surface area (Å²) in [6, 6.07) is 7.98. The lowest BCUT2D eigenvalue weighted by molar-refractivity contribution is -0.133. The van der Waals surface area contributed by atoms with E-state index in [2.05, 4.69) is 15.3 Å². The van der Waals surface area contributed by atoms with Crippen LogP contribution in [0.25, 0.3) is 11.0 Å². The molecule has 0 aliphatic heterocycles. The molecule has 1 aromatic carbocycles. The number of aromatic nitrogens is 5. The molecular formula is C16H18N6O. The first-order valence-corrected chi connectivity index (χ1v) is 7.76. The Hall–Kier alpha value is -2.70. The van der Waals surface area contributed by atoms with E-state index in [9.17, 15) is 4.79 Å². The number of carbonyl (C=O) groups excluding carboxylic acids is 1. The minimum absolute atomic E-state index is 0.0525. The van der Waals surface area contributed by atoms with Crippen LogP contribution in [0.15, 0.2) is 36.7 Å². The van der Waals surface area contributed by atoms with E-state index in [-0.39, 0.29) is 12.5 Å². The molecule has 0 bridgehead atoms. The monoisotopic (exact) mass is 310 g/mol. The van der Waals surface area contributed by atoms with Crippen LogP contribution in [0.1, 0.15) is 18.4 Å². The number of rotatable bonds is 5. The van der Waals surface area contributed by atoms with Gasteiger partial charge in [-0.25, -0.2) is 0 Å². The van der Waals surface area contributed by atoms with E-state index in [1.807, 2.05) is 48.6 Å². The molecule has 1 aliphatic carbocycles. The normalized spacial score (nSPS) is 14.3. The van der Waals surface area contributed by atoms with Crippen molar-refractivity contribution in [3.63, 3.8) is 0 Å². The molecule has 1 saturated carbocycles. The van der Waals surface area contributed by atoms with Crippen LogP contribution in [0.5, 0.6) is 0 Å². The highest BCUT2D eigenvalue weighted by Gasteiger charge is 2.33. The molecule has 1 aliphatic rings. The van der Waals surface area contributed by atoms with Gasteiger partial charge in [-0.2, -0.15) is 20.1 Å². The topological polar surface area (TPSA) is 68.8 Å². The maximum absolute atomic E-state index is 12.7. The Balaban J connectivity index is 1.51. The van der Waals surface area contributed by atoms with E-state index >= 15 is 0 Å². The van der Waals surface area contributed by atoms with Gasteiger partial charge in [0.2, 0.25) is 5.91 Å². The standard InChI is InChI=1S/C16H18N6O/c1-20-9-12(8-17-20)10-21(13-6-7-13)16(23)11-22-18-14-4-2-3-5-15(14)19-22/h2-5,8-9,13H,6-7,10-11H2,1H3. The molecule has 2 heterocycles. The summed E-state index contributed by atoms with van der Waals surface area (Å²) in [6.07, 6.45) is 5.90. The summed E-state index contributed by atoms with van der Waals surface area (Å²) in [5.41, 5.74) is 2.67. The van der Waals surface area contributed by atoms with Crippen LogP contribution in [0, 0.1) is 0 Å². The SMILES string of the molecule is Cn1cc(CN(C(=O)Cn2nc3ccccc3n2)C2CC2)cn1. The Bertz CT molecular complexity index is 814. The molecule has 2 aromatic heterocycles. The summed E-state index contributed by atoms with van der Waals surface area (Å²) in [7, 11) is 1.88. The molecule has 1 fully saturated rings. The summed E-state index contributed by atoms with van der Waals surface area (Å²) < 4.78 is 1.76. The molecule has 0 unspecified atom stereocenters. The number of carbonyl (C=O) groups is 1. The maximum atomic E-state index is 12.7. The summed E-state index contributed by atoms with van der Waals surface area (Å²) in [6.45, 7) is 0.767. The number of benzene rings is 1. The molecule has 23 heavy (non-hydrogen) atoms. The van der Waals surface area contributed by atoms with Crippen molar-refractivity contribution < 1.29 is 4.79 Å². The largest absolute Gasteiger partial charge is 0.334 e. The fourth-order valence-electron chi connectivity index (χ4n) is 2.74. The molecule has 7 heteroatoms. The van der Waals surface area contributed by atoms with Crippen molar-refractivity contribution in [1.82, 2.24) is 29.7 Å². The summed E-state index contributed by atoms with van der Waals surface area (Å²) in [5, 5.41) is 12.9. The Morgan fingerprint density at radius 3 is 2.52 bits per heavy atom. The second kappa shape index (κ2) is 5.49. The van der Waals surface area contributed by atoms with Gasteiger partial charge in [-0.3, -0.25) is 9.48 Å². The predicted octanol–water partition coefficient (Wildman–Crippen LogP) is 1.36. The summed E-state index contributed by atoms with van der Waals surface area (Å²) in [5.74, 6) is 0.0525. The lowest BCUT2D eigenvalue weighted by Crippen LogP contribution is -2.35. The van der Waals surface area contributed by atoms with Crippen molar-refractivity contribution in [2.45, 2.75) is 32.0 Å². The molecule has 0 N–H and O–H groups in total. The quantitative estimate of drug-likeness (QED) is 0.713. The number of amides is 1. The van der Waals surface area contributed by atoms with Crippen molar-refractivity contribution in [3.8, 4) is 0 Å². The second-order valence-corrected chi connectivity index (χ2v) is 5.99. The van der Waals surface area contributed by atoms with E-state index in [0.29, 0.717) is 12.6 Å². The molecule has 0 radical (unpaired) electrons. The van der Waals surface area contributed by atoms with E-state index in [0.717, 1.165) is 29.4 Å². The molecular weight excluding hydrogens is 292 g/mol. The molecule has 1 amide bonds. The van der Waals surface area contributed by atoms with E-state index in [1.54, 1.807) is 4.68 Å². The predicted molar refractivity (Wildman–Crippen MR) is 84.3 cm³/mol. The average Bonchev–Trinajstić information content (AvgIpc) is 3.16. The first kappa shape index (κ1) is 13.9. The van der Waals surface area contributed by atoms with Crippen LogP contribution in [0.4, 0.5) is 0 Å². The number of nitrogens with zero attached hydrogens (tertiary/aromatic N) is 6. The Labute approximate surface area is 133 Å². The van der Waals surface area contributed by atoms with Gasteiger partial charge in [-0.15, -0.1) is 0 Å². The fourth-order valence-corrected chi connectivity index (χ4v) is 2.74. The van der Waals surface area contributed by atoms with Crippen LogP contribution >= 0.6 is 0 Å². The average molecular weight is 310 g/mol. The zero-order valence-corrected chi connectivity index (χ0v) is 13.0. The van der Waals surface area contributed by atoms with Gasteiger partial charge in [0, 0.05) is 31.4 Å². The Morgan fingerprint density at radius 1 is 1.26 bits per heavy atom. The third kappa shape index (κ3) is 2.94. The summed E-state index contributed by atoms with van der Waals surface area (Å²) >= 11 is 0. The first-order chi connectivity index (χ1) is 11.2. The molecule has 0 spiro atoms. The molecule has 118 valence electrons. The van der Waals surface area contributed by atoms with Gasteiger partial charge in [0.1, 0.15) is 17.6 Å². The minimum atomic E-state index is 0.0525. The second-order valence-electron chi connectivity index (χ2n) is 5.99. The van der Waals surface area contributed by atoms with Gasteiger partial charge >= 0.3 is 0 Å². The van der Waals surface area contributed by atoms with Crippen LogP contribution in [-0.2, 0) is 24.9 Å². The van der Waals surface area contributed by atoms with Gasteiger partial charge < -0.3 is 4.90 Å². The number of aryl methyl sites for hydroxylation is 1. The van der Waals surface area contributed by atoms with Crippen molar-refractivity contribution in [1.29, 1.82) is 0 Å². The van der Waals surface area contributed by atoms with Crippen molar-refractivity contribution >= 4 is 16.9 Å². The van der Waals surface area contributed by atoms with Gasteiger partial charge in [-0.05, 0) is 25.0 Å². The lowest BCUT2D eigenvalue weighted by Gasteiger charge is -2.21. The summed E-state index contributed by atoms with van der Waals surface area (Å²) in [4.78, 5) is 16.1. The van der Waals surface area contributed by atoms with E-state index in [4.69, 9.17) is 0 Å². The molecule has 4 rings (SSSR count). The molecule has 0 saturated heterocycles. The highest BCUT2D eigenvalue weighted by atomic mass is 16.2. The van der Waals surface area contributed by atoms with Crippen LogP contribution < -0.4 is 0 Å². The van der Waals surface area contributed by atoms with Gasteiger partial charge in [0.15, 0.2) is 0 Å². The minimum Gasteiger partial charge on any atom is -0.334 e. The van der Waals surface area contributed by atoms with Crippen molar-refractivity contribution in [2.24, 2.45) is 7.05 Å². The molecule has 3 aromatic rings. The van der Waals surface area contributed by atoms with Crippen LogP contribution in [-0.4, -0.2) is 41.6 Å². The Kier molecular flexibility index (Phi) is 3.33. The van der Waals surface area contributed by atoms with Gasteiger partial charge in [0.25, 0.3) is 0 Å². The molecule has 7 nitrogen and oxygen atoms in total. The van der Waals surface area contributed by atoms with Crippen LogP contribution in [0.2, 0.25) is 0 Å². The van der Waals surface area contributed by atoms with Gasteiger partial charge in [-0.1, -0.05) is 12.1 Å².